The summed E-state index contributed by atoms with van der Waals surface area (Å²) in [6.45, 7) is 12.3. The molecule has 0 bridgehead atoms. The molecular formula is C37H53N7O5S. The number of amides is 3. The van der Waals surface area contributed by atoms with Gasteiger partial charge in [-0.3, -0.25) is 9.69 Å². The Labute approximate surface area is 299 Å². The van der Waals surface area contributed by atoms with Crippen LogP contribution in [0.4, 0.5) is 21.0 Å². The number of hydrogen-bond acceptors (Lipinski definition) is 10. The molecule has 2 aliphatic heterocycles. The van der Waals surface area contributed by atoms with E-state index in [-0.39, 0.29) is 18.1 Å². The first kappa shape index (κ1) is 37.2. The number of nitrogens with one attached hydrogen (secondary N) is 3. The Morgan fingerprint density at radius 3 is 2.56 bits per heavy atom. The highest BCUT2D eigenvalue weighted by atomic mass is 32.1. The zero-order chi connectivity index (χ0) is 35.7. The SMILES string of the molecule is CCCN(CCCNC(=O)OC1CCC1)C(=O)C1=Cc2sc(CN3CCC(Nc4ccc(CNC(=O)OC(C)(C)C)cc4)C3)cc2N=C(N)C1. The molecule has 3 heterocycles. The second-order valence-corrected chi connectivity index (χ2v) is 15.5. The number of carbonyl (C=O) groups excluding carboxylic acids is 3. The molecule has 2 fully saturated rings. The molecule has 1 aliphatic carbocycles. The van der Waals surface area contributed by atoms with E-state index in [0.717, 1.165) is 73.6 Å². The molecule has 1 aromatic heterocycles. The van der Waals surface area contributed by atoms with Gasteiger partial charge in [-0.05, 0) is 89.1 Å². The molecule has 0 radical (unpaired) electrons. The topological polar surface area (TPSA) is 151 Å². The summed E-state index contributed by atoms with van der Waals surface area (Å²) in [5, 5.41) is 9.26. The van der Waals surface area contributed by atoms with Crippen LogP contribution >= 0.6 is 11.3 Å². The van der Waals surface area contributed by atoms with Gasteiger partial charge in [0, 0.05) is 74.4 Å². The normalized spacial score (nSPS) is 17.8. The van der Waals surface area contributed by atoms with Gasteiger partial charge in [0.25, 0.3) is 0 Å². The van der Waals surface area contributed by atoms with E-state index in [4.69, 9.17) is 15.2 Å². The van der Waals surface area contributed by atoms with Crippen LogP contribution in [0.25, 0.3) is 6.08 Å². The fourth-order valence-corrected chi connectivity index (χ4v) is 7.25. The molecule has 3 amide bonds. The maximum atomic E-state index is 13.7. The Hall–Kier alpha value is -4.10. The number of fused-ring (bicyclic) bond motifs is 1. The lowest BCUT2D eigenvalue weighted by Crippen LogP contribution is -2.37. The number of alkyl carbamates (subject to hydrolysis) is 2. The highest BCUT2D eigenvalue weighted by Gasteiger charge is 2.26. The number of carbonyl (C=O) groups is 3. The summed E-state index contributed by atoms with van der Waals surface area (Å²) in [7, 11) is 0. The number of nitrogens with zero attached hydrogens (tertiary/aromatic N) is 3. The van der Waals surface area contributed by atoms with Crippen molar-refractivity contribution >= 4 is 52.7 Å². The van der Waals surface area contributed by atoms with Crippen LogP contribution in [0.5, 0.6) is 0 Å². The Balaban J connectivity index is 1.11. The number of ether oxygens (including phenoxy) is 2. The molecule has 1 unspecified atom stereocenters. The summed E-state index contributed by atoms with van der Waals surface area (Å²) in [5.74, 6) is 0.396. The van der Waals surface area contributed by atoms with Crippen molar-refractivity contribution in [1.29, 1.82) is 0 Å². The summed E-state index contributed by atoms with van der Waals surface area (Å²) in [5.41, 5.74) is 9.31. The number of nitrogens with two attached hydrogens (primary N) is 1. The number of amidine groups is 1. The monoisotopic (exact) mass is 707 g/mol. The molecular weight excluding hydrogens is 655 g/mol. The standard InChI is InChI=1S/C37H53N7O5S/c1-5-16-44(17-7-15-39-35(46)48-29-8-6-9-29)34(45)26-19-32-31(42-33(38)20-26)21-30(50-32)24-43-18-14-28(23-43)41-27-12-10-25(11-13-27)22-40-36(47)49-37(2,3)4/h10-13,19,21,28-29,41H,5-9,14-18,20,22-24H2,1-4H3,(H2,38,42)(H,39,46)(H,40,47). The molecule has 1 aromatic carbocycles. The lowest BCUT2D eigenvalue weighted by molar-refractivity contribution is -0.127. The molecule has 13 heteroatoms. The van der Waals surface area contributed by atoms with Gasteiger partial charge in [-0.25, -0.2) is 14.6 Å². The molecule has 0 spiro atoms. The molecule has 1 atom stereocenters. The van der Waals surface area contributed by atoms with Crippen LogP contribution < -0.4 is 21.7 Å². The second kappa shape index (κ2) is 17.2. The van der Waals surface area contributed by atoms with Gasteiger partial charge in [-0.2, -0.15) is 0 Å². The van der Waals surface area contributed by atoms with Gasteiger partial charge in [0.15, 0.2) is 0 Å². The maximum absolute atomic E-state index is 13.7. The summed E-state index contributed by atoms with van der Waals surface area (Å²) < 4.78 is 10.7. The summed E-state index contributed by atoms with van der Waals surface area (Å²) in [6.07, 6.45) is 7.01. The first-order valence-electron chi connectivity index (χ1n) is 17.9. The van der Waals surface area contributed by atoms with Gasteiger partial charge in [-0.15, -0.1) is 11.3 Å². The van der Waals surface area contributed by atoms with E-state index in [1.165, 1.54) is 4.88 Å². The zero-order valence-corrected chi connectivity index (χ0v) is 30.7. The number of likely N-dealkylation sites (tertiary alicyclic amines) is 1. The lowest BCUT2D eigenvalue weighted by Gasteiger charge is -2.25. The van der Waals surface area contributed by atoms with Crippen LogP contribution in [-0.2, 0) is 27.4 Å². The summed E-state index contributed by atoms with van der Waals surface area (Å²) in [4.78, 5) is 48.8. The van der Waals surface area contributed by atoms with Crippen molar-refractivity contribution < 1.29 is 23.9 Å². The molecule has 2 aromatic rings. The van der Waals surface area contributed by atoms with Crippen molar-refractivity contribution in [3.05, 3.63) is 51.2 Å². The quantitative estimate of drug-likeness (QED) is 0.171. The molecule has 50 heavy (non-hydrogen) atoms. The van der Waals surface area contributed by atoms with E-state index < -0.39 is 11.7 Å². The van der Waals surface area contributed by atoms with Gasteiger partial charge in [0.2, 0.25) is 5.91 Å². The first-order valence-corrected chi connectivity index (χ1v) is 18.7. The molecule has 272 valence electrons. The van der Waals surface area contributed by atoms with Gasteiger partial charge < -0.3 is 36.1 Å². The maximum Gasteiger partial charge on any atom is 0.407 e. The summed E-state index contributed by atoms with van der Waals surface area (Å²) >= 11 is 1.66. The number of thiophene rings is 1. The van der Waals surface area contributed by atoms with Crippen LogP contribution in [0.3, 0.4) is 0 Å². The van der Waals surface area contributed by atoms with Crippen molar-refractivity contribution in [3.63, 3.8) is 0 Å². The largest absolute Gasteiger partial charge is 0.446 e. The minimum absolute atomic E-state index is 0.0364. The predicted molar refractivity (Wildman–Crippen MR) is 199 cm³/mol. The van der Waals surface area contributed by atoms with Crippen molar-refractivity contribution in [2.75, 3.05) is 38.0 Å². The predicted octanol–water partition coefficient (Wildman–Crippen LogP) is 6.14. The Kier molecular flexibility index (Phi) is 12.8. The van der Waals surface area contributed by atoms with E-state index in [9.17, 15) is 14.4 Å². The van der Waals surface area contributed by atoms with Gasteiger partial charge in [0.05, 0.1) is 10.6 Å². The number of aliphatic imine (C=N–C) groups is 1. The van der Waals surface area contributed by atoms with Crippen LogP contribution in [0.1, 0.15) is 88.0 Å². The van der Waals surface area contributed by atoms with Gasteiger partial charge in [-0.1, -0.05) is 19.1 Å². The smallest absolute Gasteiger partial charge is 0.407 e. The van der Waals surface area contributed by atoms with Crippen molar-refractivity contribution in [2.45, 2.75) is 103 Å². The second-order valence-electron chi connectivity index (χ2n) is 14.4. The Morgan fingerprint density at radius 2 is 1.86 bits per heavy atom. The number of anilines is 1. The highest BCUT2D eigenvalue weighted by molar-refractivity contribution is 7.13. The first-order chi connectivity index (χ1) is 23.9. The fraction of sp³-hybridized carbons (Fsp3) is 0.568. The van der Waals surface area contributed by atoms with Crippen molar-refractivity contribution in [1.82, 2.24) is 20.4 Å². The van der Waals surface area contributed by atoms with E-state index in [2.05, 4.69) is 38.8 Å². The van der Waals surface area contributed by atoms with Crippen molar-refractivity contribution in [3.8, 4) is 0 Å². The number of benzene rings is 1. The average Bonchev–Trinajstić information content (AvgIpc) is 3.59. The van der Waals surface area contributed by atoms with E-state index in [0.29, 0.717) is 56.5 Å². The van der Waals surface area contributed by atoms with Crippen LogP contribution in [0, 0.1) is 0 Å². The minimum Gasteiger partial charge on any atom is -0.446 e. The molecule has 3 aliphatic rings. The molecule has 5 rings (SSSR count). The third-order valence-corrected chi connectivity index (χ3v) is 9.86. The van der Waals surface area contributed by atoms with E-state index in [1.807, 2.05) is 56.0 Å². The highest BCUT2D eigenvalue weighted by Crippen LogP contribution is 2.36. The van der Waals surface area contributed by atoms with Crippen LogP contribution in [0.2, 0.25) is 0 Å². The Bertz CT molecular complexity index is 1540. The fourth-order valence-electron chi connectivity index (χ4n) is 6.14. The van der Waals surface area contributed by atoms with Crippen molar-refractivity contribution in [2.24, 2.45) is 10.7 Å². The van der Waals surface area contributed by atoms with Crippen LogP contribution in [-0.4, -0.2) is 84.2 Å². The lowest BCUT2D eigenvalue weighted by atomic mass is 9.96. The third kappa shape index (κ3) is 11.2. The molecule has 1 saturated carbocycles. The molecule has 5 N–H and O–H groups in total. The van der Waals surface area contributed by atoms with E-state index in [1.54, 1.807) is 11.3 Å². The minimum atomic E-state index is -0.525. The van der Waals surface area contributed by atoms with Crippen LogP contribution in [0.15, 0.2) is 40.9 Å². The summed E-state index contributed by atoms with van der Waals surface area (Å²) in [6, 6.07) is 10.5. The van der Waals surface area contributed by atoms with Gasteiger partial charge in [0.1, 0.15) is 17.5 Å². The van der Waals surface area contributed by atoms with Gasteiger partial charge >= 0.3 is 12.2 Å². The molecule has 12 nitrogen and oxygen atoms in total. The average molecular weight is 708 g/mol. The number of hydrogen-bond donors (Lipinski definition) is 4. The molecule has 1 saturated heterocycles. The number of rotatable bonds is 14. The van der Waals surface area contributed by atoms with E-state index >= 15 is 0 Å². The zero-order valence-electron chi connectivity index (χ0n) is 29.9. The third-order valence-electron chi connectivity index (χ3n) is 8.80. The Morgan fingerprint density at radius 1 is 1.08 bits per heavy atom.